The van der Waals surface area contributed by atoms with Crippen LogP contribution in [0.25, 0.3) is 0 Å². The van der Waals surface area contributed by atoms with Gasteiger partial charge in [0.1, 0.15) is 5.69 Å². The van der Waals surface area contributed by atoms with Crippen molar-refractivity contribution in [3.63, 3.8) is 0 Å². The van der Waals surface area contributed by atoms with E-state index >= 15 is 0 Å². The Morgan fingerprint density at radius 1 is 1.22 bits per heavy atom. The minimum atomic E-state index is -4.36. The Balaban J connectivity index is 2.09. The molecule has 94 valence electrons. The molecule has 0 saturated carbocycles. The van der Waals surface area contributed by atoms with Gasteiger partial charge in [-0.05, 0) is 17.7 Å². The fourth-order valence-electron chi connectivity index (χ4n) is 1.38. The second kappa shape index (κ2) is 4.85. The number of benzene rings is 1. The molecular weight excluding hydrogens is 265 g/mol. The first-order valence-electron chi connectivity index (χ1n) is 4.94. The van der Waals surface area contributed by atoms with Crippen LogP contribution >= 0.6 is 11.7 Å². The van der Waals surface area contributed by atoms with Gasteiger partial charge in [0.25, 0.3) is 0 Å². The largest absolute Gasteiger partial charge is 0.416 e. The average Bonchev–Trinajstić information content (AvgIpc) is 2.82. The zero-order chi connectivity index (χ0) is 13.2. The Kier molecular flexibility index (Phi) is 3.42. The molecule has 0 bridgehead atoms. The van der Waals surface area contributed by atoms with Gasteiger partial charge in [-0.3, -0.25) is 4.79 Å². The van der Waals surface area contributed by atoms with Crippen LogP contribution in [0.4, 0.5) is 13.2 Å². The topological polar surface area (TPSA) is 42.9 Å². The van der Waals surface area contributed by atoms with Gasteiger partial charge in [-0.15, -0.1) is 0 Å². The molecule has 0 radical (unpaired) electrons. The van der Waals surface area contributed by atoms with Gasteiger partial charge in [-0.2, -0.15) is 21.9 Å². The van der Waals surface area contributed by atoms with Gasteiger partial charge >= 0.3 is 6.18 Å². The van der Waals surface area contributed by atoms with Crippen LogP contribution in [0.15, 0.2) is 30.5 Å². The Bertz CT molecular complexity index is 534. The van der Waals surface area contributed by atoms with E-state index in [9.17, 15) is 18.0 Å². The lowest BCUT2D eigenvalue weighted by Gasteiger charge is -2.06. The van der Waals surface area contributed by atoms with Crippen molar-refractivity contribution in [2.45, 2.75) is 12.6 Å². The molecular formula is C11H7F3N2OS. The fourth-order valence-corrected chi connectivity index (χ4v) is 1.81. The third kappa shape index (κ3) is 2.92. The Morgan fingerprint density at radius 2 is 1.89 bits per heavy atom. The number of Topliss-reactive ketones (excluding diaryl/α,β-unsaturated/α-hetero) is 1. The SMILES string of the molecule is O=C(Cc1ccc(C(F)(F)F)cc1)c1cnsn1. The van der Waals surface area contributed by atoms with E-state index in [4.69, 9.17) is 0 Å². The van der Waals surface area contributed by atoms with Gasteiger partial charge in [0, 0.05) is 6.42 Å². The highest BCUT2D eigenvalue weighted by Crippen LogP contribution is 2.29. The lowest BCUT2D eigenvalue weighted by atomic mass is 10.1. The Morgan fingerprint density at radius 3 is 2.39 bits per heavy atom. The summed E-state index contributed by atoms with van der Waals surface area (Å²) in [5.41, 5.74) is 0.0231. The van der Waals surface area contributed by atoms with Crippen molar-refractivity contribution in [3.05, 3.63) is 47.3 Å². The van der Waals surface area contributed by atoms with E-state index in [0.29, 0.717) is 5.56 Å². The first-order valence-corrected chi connectivity index (χ1v) is 5.67. The zero-order valence-electron chi connectivity index (χ0n) is 8.94. The van der Waals surface area contributed by atoms with Gasteiger partial charge in [0.05, 0.1) is 23.5 Å². The molecule has 2 rings (SSSR count). The van der Waals surface area contributed by atoms with E-state index in [2.05, 4.69) is 8.75 Å². The van der Waals surface area contributed by atoms with E-state index in [0.717, 1.165) is 23.9 Å². The number of alkyl halides is 3. The van der Waals surface area contributed by atoms with Crippen LogP contribution in [0.2, 0.25) is 0 Å². The zero-order valence-corrected chi connectivity index (χ0v) is 9.76. The van der Waals surface area contributed by atoms with Crippen molar-refractivity contribution >= 4 is 17.5 Å². The van der Waals surface area contributed by atoms with Crippen LogP contribution in [0, 0.1) is 0 Å². The van der Waals surface area contributed by atoms with Crippen molar-refractivity contribution in [1.29, 1.82) is 0 Å². The normalized spacial score (nSPS) is 11.5. The molecule has 0 spiro atoms. The van der Waals surface area contributed by atoms with Crippen molar-refractivity contribution in [3.8, 4) is 0 Å². The second-order valence-electron chi connectivity index (χ2n) is 3.59. The molecule has 0 fully saturated rings. The molecule has 1 aromatic carbocycles. The lowest BCUT2D eigenvalue weighted by molar-refractivity contribution is -0.137. The first-order chi connectivity index (χ1) is 8.47. The number of nitrogens with zero attached hydrogens (tertiary/aromatic N) is 2. The van der Waals surface area contributed by atoms with Gasteiger partial charge in [0.2, 0.25) is 0 Å². The molecule has 7 heteroatoms. The summed E-state index contributed by atoms with van der Waals surface area (Å²) in [6, 6.07) is 4.50. The first kappa shape index (κ1) is 12.7. The molecule has 1 heterocycles. The Labute approximate surface area is 105 Å². The predicted octanol–water partition coefficient (Wildman–Crippen LogP) is 2.98. The summed E-state index contributed by atoms with van der Waals surface area (Å²) in [6.07, 6.45) is -3.00. The number of carbonyl (C=O) groups excluding carboxylic acids is 1. The maximum atomic E-state index is 12.3. The molecule has 18 heavy (non-hydrogen) atoms. The monoisotopic (exact) mass is 272 g/mol. The summed E-state index contributed by atoms with van der Waals surface area (Å²) in [6.45, 7) is 0. The summed E-state index contributed by atoms with van der Waals surface area (Å²) >= 11 is 0.915. The highest BCUT2D eigenvalue weighted by Gasteiger charge is 2.29. The summed E-state index contributed by atoms with van der Waals surface area (Å²) < 4.78 is 44.4. The number of hydrogen-bond acceptors (Lipinski definition) is 4. The molecule has 1 aromatic heterocycles. The van der Waals surface area contributed by atoms with Crippen LogP contribution in [-0.4, -0.2) is 14.5 Å². The smallest absolute Gasteiger partial charge is 0.292 e. The third-order valence-corrected chi connectivity index (χ3v) is 2.77. The minimum Gasteiger partial charge on any atom is -0.292 e. The van der Waals surface area contributed by atoms with Crippen molar-refractivity contribution < 1.29 is 18.0 Å². The predicted molar refractivity (Wildman–Crippen MR) is 59.4 cm³/mol. The van der Waals surface area contributed by atoms with Crippen molar-refractivity contribution in [2.75, 3.05) is 0 Å². The maximum Gasteiger partial charge on any atom is 0.416 e. The van der Waals surface area contributed by atoms with Gasteiger partial charge in [-0.25, -0.2) is 0 Å². The average molecular weight is 272 g/mol. The molecule has 3 nitrogen and oxygen atoms in total. The van der Waals surface area contributed by atoms with E-state index in [-0.39, 0.29) is 17.9 Å². The number of carbonyl (C=O) groups is 1. The molecule has 0 amide bonds. The number of aromatic nitrogens is 2. The molecule has 2 aromatic rings. The maximum absolute atomic E-state index is 12.3. The molecule has 0 unspecified atom stereocenters. The lowest BCUT2D eigenvalue weighted by Crippen LogP contribution is -2.06. The number of ketones is 1. The van der Waals surface area contributed by atoms with Crippen LogP contribution in [0.5, 0.6) is 0 Å². The number of halogens is 3. The highest BCUT2D eigenvalue weighted by molar-refractivity contribution is 6.99. The summed E-state index contributed by atoms with van der Waals surface area (Å²) in [4.78, 5) is 11.6. The van der Waals surface area contributed by atoms with Crippen molar-refractivity contribution in [1.82, 2.24) is 8.75 Å². The van der Waals surface area contributed by atoms with Gasteiger partial charge in [0.15, 0.2) is 5.78 Å². The third-order valence-electron chi connectivity index (χ3n) is 2.29. The molecule has 0 N–H and O–H groups in total. The Hall–Kier alpha value is -1.76. The summed E-state index contributed by atoms with van der Waals surface area (Å²) in [5, 5.41) is 0. The highest BCUT2D eigenvalue weighted by atomic mass is 32.1. The molecule has 0 aliphatic carbocycles. The number of rotatable bonds is 3. The van der Waals surface area contributed by atoms with Crippen LogP contribution < -0.4 is 0 Å². The van der Waals surface area contributed by atoms with Crippen molar-refractivity contribution in [2.24, 2.45) is 0 Å². The fraction of sp³-hybridized carbons (Fsp3) is 0.182. The molecule has 0 saturated heterocycles. The van der Waals surface area contributed by atoms with Gasteiger partial charge < -0.3 is 0 Å². The van der Waals surface area contributed by atoms with E-state index in [1.807, 2.05) is 0 Å². The summed E-state index contributed by atoms with van der Waals surface area (Å²) in [5.74, 6) is -0.261. The van der Waals surface area contributed by atoms with Crippen LogP contribution in [-0.2, 0) is 12.6 Å². The quantitative estimate of drug-likeness (QED) is 0.807. The van der Waals surface area contributed by atoms with E-state index in [1.54, 1.807) is 0 Å². The minimum absolute atomic E-state index is 0.0174. The molecule has 0 atom stereocenters. The standard InChI is InChI=1S/C11H7F3N2OS/c12-11(13,14)8-3-1-7(2-4-8)5-10(17)9-6-15-18-16-9/h1-4,6H,5H2. The van der Waals surface area contributed by atoms with E-state index < -0.39 is 11.7 Å². The second-order valence-corrected chi connectivity index (χ2v) is 4.14. The van der Waals surface area contributed by atoms with Crippen LogP contribution in [0.3, 0.4) is 0 Å². The molecule has 0 aliphatic rings. The number of hydrogen-bond donors (Lipinski definition) is 0. The van der Waals surface area contributed by atoms with E-state index in [1.165, 1.54) is 18.3 Å². The molecule has 0 aliphatic heterocycles. The van der Waals surface area contributed by atoms with Gasteiger partial charge in [-0.1, -0.05) is 12.1 Å². The summed E-state index contributed by atoms with van der Waals surface area (Å²) in [7, 11) is 0. The van der Waals surface area contributed by atoms with Crippen LogP contribution in [0.1, 0.15) is 21.6 Å².